The van der Waals surface area contributed by atoms with Gasteiger partial charge in [-0.1, -0.05) is 6.07 Å². The second-order valence-corrected chi connectivity index (χ2v) is 6.75. The molecule has 0 atom stereocenters. The molecule has 0 radical (unpaired) electrons. The molecule has 1 heterocycles. The highest BCUT2D eigenvalue weighted by Gasteiger charge is 2.76. The highest BCUT2D eigenvalue weighted by atomic mass is 19.3. The minimum Gasteiger partial charge on any atom is -0.478 e. The number of alkyl halides is 2. The summed E-state index contributed by atoms with van der Waals surface area (Å²) < 4.78 is 26.4. The molecule has 0 aromatic heterocycles. The Bertz CT molecular complexity index is 695. The normalized spacial score (nSPS) is 30.8. The van der Waals surface area contributed by atoms with Crippen LogP contribution in [0.1, 0.15) is 40.7 Å². The lowest BCUT2D eigenvalue weighted by molar-refractivity contribution is -0.143. The van der Waals surface area contributed by atoms with Crippen LogP contribution in [0.15, 0.2) is 18.2 Å². The largest absolute Gasteiger partial charge is 0.478 e. The molecule has 2 saturated carbocycles. The lowest BCUT2D eigenvalue weighted by atomic mass is 9.70. The molecule has 1 aliphatic heterocycles. The van der Waals surface area contributed by atoms with Gasteiger partial charge in [0.15, 0.2) is 0 Å². The van der Waals surface area contributed by atoms with Gasteiger partial charge in [-0.05, 0) is 36.1 Å². The van der Waals surface area contributed by atoms with Crippen LogP contribution in [0.25, 0.3) is 0 Å². The van der Waals surface area contributed by atoms with Crippen LogP contribution in [-0.2, 0) is 17.9 Å². The summed E-state index contributed by atoms with van der Waals surface area (Å²) in [5.74, 6) is -3.96. The molecule has 1 N–H and O–H groups in total. The molecule has 22 heavy (non-hydrogen) atoms. The maximum absolute atomic E-state index is 13.2. The molecule has 2 aliphatic carbocycles. The van der Waals surface area contributed by atoms with Crippen LogP contribution < -0.4 is 0 Å². The summed E-state index contributed by atoms with van der Waals surface area (Å²) in [5, 5.41) is 8.99. The van der Waals surface area contributed by atoms with Gasteiger partial charge >= 0.3 is 5.97 Å². The van der Waals surface area contributed by atoms with Crippen molar-refractivity contribution in [1.82, 2.24) is 4.90 Å². The van der Waals surface area contributed by atoms with Crippen LogP contribution in [0.3, 0.4) is 0 Å². The number of carboxylic acid groups (broad SMARTS) is 1. The van der Waals surface area contributed by atoms with Crippen molar-refractivity contribution in [2.24, 2.45) is 11.3 Å². The molecular formula is C16H15F2NO3. The number of carbonyl (C=O) groups excluding carboxylic acids is 1. The number of rotatable bonds is 2. The van der Waals surface area contributed by atoms with Gasteiger partial charge in [0, 0.05) is 30.8 Å². The maximum Gasteiger partial charge on any atom is 0.335 e. The van der Waals surface area contributed by atoms with Crippen LogP contribution in [0, 0.1) is 11.3 Å². The lowest BCUT2D eigenvalue weighted by Gasteiger charge is -2.37. The number of aromatic carboxylic acids is 1. The molecule has 0 unspecified atom stereocenters. The molecule has 2 fully saturated rings. The van der Waals surface area contributed by atoms with Gasteiger partial charge in [0.25, 0.3) is 5.92 Å². The van der Waals surface area contributed by atoms with Crippen LogP contribution in [0.5, 0.6) is 0 Å². The number of halogens is 2. The predicted molar refractivity (Wildman–Crippen MR) is 72.4 cm³/mol. The van der Waals surface area contributed by atoms with Crippen LogP contribution in [0.4, 0.5) is 8.78 Å². The third kappa shape index (κ3) is 1.79. The molecule has 0 bridgehead atoms. The first-order valence-electron chi connectivity index (χ1n) is 7.33. The summed E-state index contributed by atoms with van der Waals surface area (Å²) in [6, 6.07) is 4.84. The van der Waals surface area contributed by atoms with Crippen molar-refractivity contribution in [2.45, 2.75) is 38.3 Å². The van der Waals surface area contributed by atoms with Gasteiger partial charge in [-0.25, -0.2) is 13.6 Å². The third-order valence-electron chi connectivity index (χ3n) is 5.32. The lowest BCUT2D eigenvalue weighted by Crippen LogP contribution is -2.42. The Labute approximate surface area is 125 Å². The minimum absolute atomic E-state index is 0.0774. The molecule has 1 spiro atoms. The maximum atomic E-state index is 13.2. The molecule has 4 rings (SSSR count). The van der Waals surface area contributed by atoms with Gasteiger partial charge < -0.3 is 10.0 Å². The summed E-state index contributed by atoms with van der Waals surface area (Å²) in [6.07, 6.45) is 0.490. The third-order valence-corrected chi connectivity index (χ3v) is 5.32. The summed E-state index contributed by atoms with van der Waals surface area (Å²) in [6.45, 7) is 0.809. The molecule has 3 aliphatic rings. The monoisotopic (exact) mass is 307 g/mol. The quantitative estimate of drug-likeness (QED) is 0.914. The van der Waals surface area contributed by atoms with E-state index in [1.807, 2.05) is 0 Å². The van der Waals surface area contributed by atoms with E-state index in [9.17, 15) is 18.4 Å². The summed E-state index contributed by atoms with van der Waals surface area (Å²) in [4.78, 5) is 25.0. The van der Waals surface area contributed by atoms with Crippen molar-refractivity contribution < 1.29 is 23.5 Å². The van der Waals surface area contributed by atoms with Crippen LogP contribution in [0.2, 0.25) is 0 Å². The van der Waals surface area contributed by atoms with Crippen LogP contribution in [-0.4, -0.2) is 27.8 Å². The average molecular weight is 307 g/mol. The fourth-order valence-electron chi connectivity index (χ4n) is 3.82. The Morgan fingerprint density at radius 3 is 2.41 bits per heavy atom. The summed E-state index contributed by atoms with van der Waals surface area (Å²) >= 11 is 0. The van der Waals surface area contributed by atoms with E-state index in [0.29, 0.717) is 13.1 Å². The standard InChI is InChI=1S/C16H15F2NO3/c17-16(18)8-15(16)4-12(5-15)13(20)19-6-10-2-1-9(14(21)22)3-11(10)7-19/h1-3,12H,4-8H2,(H,21,22). The van der Waals surface area contributed by atoms with Gasteiger partial charge in [0.05, 0.1) is 5.56 Å². The van der Waals surface area contributed by atoms with E-state index < -0.39 is 17.3 Å². The number of carbonyl (C=O) groups is 2. The summed E-state index contributed by atoms with van der Waals surface area (Å²) in [5.41, 5.74) is 1.08. The average Bonchev–Trinajstić information content (AvgIpc) is 2.81. The van der Waals surface area contributed by atoms with Gasteiger partial charge in [0.2, 0.25) is 5.91 Å². The molecule has 1 amide bonds. The fraction of sp³-hybridized carbons (Fsp3) is 0.500. The van der Waals surface area contributed by atoms with E-state index in [0.717, 1.165) is 11.1 Å². The molecule has 4 nitrogen and oxygen atoms in total. The number of nitrogens with zero attached hydrogens (tertiary/aromatic N) is 1. The van der Waals surface area contributed by atoms with Crippen LogP contribution >= 0.6 is 0 Å². The Hall–Kier alpha value is -1.98. The van der Waals surface area contributed by atoms with E-state index in [1.54, 1.807) is 17.0 Å². The number of hydrogen-bond acceptors (Lipinski definition) is 2. The second kappa shape index (κ2) is 4.06. The van der Waals surface area contributed by atoms with E-state index in [2.05, 4.69) is 0 Å². The van der Waals surface area contributed by atoms with Gasteiger partial charge in [-0.3, -0.25) is 4.79 Å². The van der Waals surface area contributed by atoms with E-state index in [1.165, 1.54) is 6.07 Å². The summed E-state index contributed by atoms with van der Waals surface area (Å²) in [7, 11) is 0. The predicted octanol–water partition coefficient (Wildman–Crippen LogP) is 2.66. The van der Waals surface area contributed by atoms with Gasteiger partial charge in [-0.15, -0.1) is 0 Å². The molecule has 1 aromatic rings. The van der Waals surface area contributed by atoms with Crippen molar-refractivity contribution in [3.8, 4) is 0 Å². The van der Waals surface area contributed by atoms with Crippen molar-refractivity contribution in [1.29, 1.82) is 0 Å². The first kappa shape index (κ1) is 13.7. The highest BCUT2D eigenvalue weighted by molar-refractivity contribution is 5.88. The highest BCUT2D eigenvalue weighted by Crippen LogP contribution is 2.72. The van der Waals surface area contributed by atoms with Gasteiger partial charge in [-0.2, -0.15) is 0 Å². The zero-order chi connectivity index (χ0) is 15.7. The second-order valence-electron chi connectivity index (χ2n) is 6.75. The Balaban J connectivity index is 1.43. The van der Waals surface area contributed by atoms with E-state index in [-0.39, 0.29) is 36.7 Å². The first-order chi connectivity index (χ1) is 10.3. The minimum atomic E-state index is -2.58. The zero-order valence-electron chi connectivity index (χ0n) is 11.8. The van der Waals surface area contributed by atoms with Gasteiger partial charge in [0.1, 0.15) is 0 Å². The molecule has 116 valence electrons. The number of carboxylic acids is 1. The molecular weight excluding hydrogens is 292 g/mol. The van der Waals surface area contributed by atoms with E-state index >= 15 is 0 Å². The smallest absolute Gasteiger partial charge is 0.335 e. The first-order valence-corrected chi connectivity index (χ1v) is 7.33. The zero-order valence-corrected chi connectivity index (χ0v) is 11.8. The Morgan fingerprint density at radius 2 is 1.82 bits per heavy atom. The number of fused-ring (bicyclic) bond motifs is 1. The number of amides is 1. The molecule has 1 aromatic carbocycles. The van der Waals surface area contributed by atoms with Crippen molar-refractivity contribution in [3.05, 3.63) is 34.9 Å². The number of benzene rings is 1. The topological polar surface area (TPSA) is 57.6 Å². The van der Waals surface area contributed by atoms with E-state index in [4.69, 9.17) is 5.11 Å². The Morgan fingerprint density at radius 1 is 1.18 bits per heavy atom. The fourth-order valence-corrected chi connectivity index (χ4v) is 3.82. The van der Waals surface area contributed by atoms with Crippen molar-refractivity contribution in [2.75, 3.05) is 0 Å². The molecule has 6 heteroatoms. The van der Waals surface area contributed by atoms with Crippen molar-refractivity contribution in [3.63, 3.8) is 0 Å². The van der Waals surface area contributed by atoms with Crippen molar-refractivity contribution >= 4 is 11.9 Å². The Kier molecular flexibility index (Phi) is 2.52. The molecule has 0 saturated heterocycles. The SMILES string of the molecule is O=C(O)c1ccc2c(c1)CN(C(=O)C1CC3(C1)CC3(F)F)C2. The number of hydrogen-bond donors (Lipinski definition) is 1.